The summed E-state index contributed by atoms with van der Waals surface area (Å²) in [6.07, 6.45) is -3.31. The zero-order chi connectivity index (χ0) is 15.3. The molecule has 1 aliphatic heterocycles. The largest absolute Gasteiger partial charge is 0.416 e. The van der Waals surface area contributed by atoms with Gasteiger partial charge in [-0.05, 0) is 43.0 Å². The number of ether oxygens (including phenoxy) is 1. The molecule has 3 nitrogen and oxygen atoms in total. The number of hydrogen-bond acceptors (Lipinski definition) is 3. The fourth-order valence-electron chi connectivity index (χ4n) is 2.40. The summed E-state index contributed by atoms with van der Waals surface area (Å²) in [7, 11) is 0. The highest BCUT2D eigenvalue weighted by molar-refractivity contribution is 5.27. The van der Waals surface area contributed by atoms with Crippen LogP contribution in [-0.4, -0.2) is 31.4 Å². The van der Waals surface area contributed by atoms with Crippen molar-refractivity contribution in [2.75, 3.05) is 26.3 Å². The molecule has 0 bridgehead atoms. The molecule has 2 N–H and O–H groups in total. The fourth-order valence-corrected chi connectivity index (χ4v) is 2.40. The van der Waals surface area contributed by atoms with Gasteiger partial charge in [-0.3, -0.25) is 0 Å². The number of aliphatic hydroxyl groups is 1. The summed E-state index contributed by atoms with van der Waals surface area (Å²) in [5.74, 6) is 0.545. The maximum Gasteiger partial charge on any atom is 0.416 e. The summed E-state index contributed by atoms with van der Waals surface area (Å²) in [5, 5.41) is 13.0. The molecular formula is C15H20F3NO2. The Hall–Kier alpha value is -1.11. The molecule has 1 heterocycles. The summed E-state index contributed by atoms with van der Waals surface area (Å²) >= 11 is 0. The second-order valence-corrected chi connectivity index (χ2v) is 5.36. The van der Waals surface area contributed by atoms with Crippen LogP contribution in [0.5, 0.6) is 0 Å². The minimum Gasteiger partial charge on any atom is -0.387 e. The molecule has 0 radical (unpaired) electrons. The van der Waals surface area contributed by atoms with Crippen molar-refractivity contribution in [1.82, 2.24) is 5.32 Å². The van der Waals surface area contributed by atoms with Crippen LogP contribution in [0.1, 0.15) is 30.1 Å². The van der Waals surface area contributed by atoms with E-state index in [0.29, 0.717) is 5.92 Å². The van der Waals surface area contributed by atoms with Gasteiger partial charge in [0.05, 0.1) is 11.7 Å². The van der Waals surface area contributed by atoms with E-state index in [1.807, 2.05) is 0 Å². The van der Waals surface area contributed by atoms with Gasteiger partial charge in [-0.15, -0.1) is 0 Å². The maximum atomic E-state index is 12.6. The summed E-state index contributed by atoms with van der Waals surface area (Å²) in [5.41, 5.74) is -0.455. The summed E-state index contributed by atoms with van der Waals surface area (Å²) < 4.78 is 43.1. The van der Waals surface area contributed by atoms with Crippen molar-refractivity contribution in [3.8, 4) is 0 Å². The van der Waals surface area contributed by atoms with E-state index in [4.69, 9.17) is 4.74 Å². The molecule has 2 unspecified atom stereocenters. The number of alkyl halides is 3. The molecular weight excluding hydrogens is 283 g/mol. The molecule has 0 spiro atoms. The number of nitrogens with one attached hydrogen (secondary N) is 1. The van der Waals surface area contributed by atoms with Crippen LogP contribution in [0.3, 0.4) is 0 Å². The molecule has 2 atom stereocenters. The van der Waals surface area contributed by atoms with Gasteiger partial charge in [-0.2, -0.15) is 13.2 Å². The van der Waals surface area contributed by atoms with E-state index in [1.54, 1.807) is 0 Å². The highest BCUT2D eigenvalue weighted by Gasteiger charge is 2.30. The Morgan fingerprint density at radius 2 is 2.19 bits per heavy atom. The van der Waals surface area contributed by atoms with E-state index in [1.165, 1.54) is 12.1 Å². The lowest BCUT2D eigenvalue weighted by atomic mass is 10.0. The molecule has 0 aliphatic carbocycles. The quantitative estimate of drug-likeness (QED) is 0.794. The molecule has 0 amide bonds. The van der Waals surface area contributed by atoms with E-state index < -0.39 is 17.8 Å². The van der Waals surface area contributed by atoms with E-state index in [-0.39, 0.29) is 12.1 Å². The smallest absolute Gasteiger partial charge is 0.387 e. The van der Waals surface area contributed by atoms with Crippen LogP contribution in [0.4, 0.5) is 13.2 Å². The van der Waals surface area contributed by atoms with Gasteiger partial charge in [0.2, 0.25) is 0 Å². The molecule has 0 saturated carbocycles. The van der Waals surface area contributed by atoms with Crippen LogP contribution in [-0.2, 0) is 10.9 Å². The van der Waals surface area contributed by atoms with Gasteiger partial charge in [0, 0.05) is 19.8 Å². The number of benzene rings is 1. The molecule has 1 saturated heterocycles. The zero-order valence-corrected chi connectivity index (χ0v) is 11.7. The Kier molecular flexibility index (Phi) is 5.61. The lowest BCUT2D eigenvalue weighted by Crippen LogP contribution is -2.24. The van der Waals surface area contributed by atoms with Crippen LogP contribution in [0, 0.1) is 5.92 Å². The van der Waals surface area contributed by atoms with Crippen LogP contribution in [0.15, 0.2) is 24.3 Å². The number of halogens is 3. The third-order valence-electron chi connectivity index (χ3n) is 3.69. The van der Waals surface area contributed by atoms with Crippen LogP contribution >= 0.6 is 0 Å². The van der Waals surface area contributed by atoms with Crippen molar-refractivity contribution in [2.24, 2.45) is 5.92 Å². The minimum atomic E-state index is -4.38. The van der Waals surface area contributed by atoms with Crippen LogP contribution < -0.4 is 5.32 Å². The number of aliphatic hydroxyl groups excluding tert-OH is 1. The average molecular weight is 303 g/mol. The predicted octanol–water partition coefficient (Wildman–Crippen LogP) is 2.76. The third-order valence-corrected chi connectivity index (χ3v) is 3.69. The van der Waals surface area contributed by atoms with Gasteiger partial charge in [-0.1, -0.05) is 12.1 Å². The molecule has 1 fully saturated rings. The van der Waals surface area contributed by atoms with Crippen LogP contribution in [0.25, 0.3) is 0 Å². The molecule has 21 heavy (non-hydrogen) atoms. The SMILES string of the molecule is OC(CNCCC1CCOC1)c1cccc(C(F)(F)F)c1. The standard InChI is InChI=1S/C15H20F3NO2/c16-15(17,18)13-3-1-2-12(8-13)14(20)9-19-6-4-11-5-7-21-10-11/h1-3,8,11,14,19-20H,4-7,9-10H2. The Morgan fingerprint density at radius 3 is 2.86 bits per heavy atom. The molecule has 6 heteroatoms. The van der Waals surface area contributed by atoms with Crippen molar-refractivity contribution in [2.45, 2.75) is 25.1 Å². The van der Waals surface area contributed by atoms with Gasteiger partial charge < -0.3 is 15.2 Å². The highest BCUT2D eigenvalue weighted by Crippen LogP contribution is 2.30. The van der Waals surface area contributed by atoms with E-state index >= 15 is 0 Å². The first-order valence-corrected chi connectivity index (χ1v) is 7.10. The Labute approximate surface area is 122 Å². The molecule has 1 aromatic carbocycles. The Morgan fingerprint density at radius 1 is 1.38 bits per heavy atom. The second-order valence-electron chi connectivity index (χ2n) is 5.36. The molecule has 1 aliphatic rings. The average Bonchev–Trinajstić information content (AvgIpc) is 2.96. The Balaban J connectivity index is 1.78. The first-order valence-electron chi connectivity index (χ1n) is 7.10. The molecule has 0 aromatic heterocycles. The van der Waals surface area contributed by atoms with Gasteiger partial charge in [0.1, 0.15) is 0 Å². The van der Waals surface area contributed by atoms with E-state index in [2.05, 4.69) is 5.32 Å². The van der Waals surface area contributed by atoms with Gasteiger partial charge in [-0.25, -0.2) is 0 Å². The van der Waals surface area contributed by atoms with Crippen LogP contribution in [0.2, 0.25) is 0 Å². The van der Waals surface area contributed by atoms with Crippen molar-refractivity contribution < 1.29 is 23.0 Å². The first-order chi connectivity index (χ1) is 9.97. The lowest BCUT2D eigenvalue weighted by molar-refractivity contribution is -0.137. The minimum absolute atomic E-state index is 0.245. The highest BCUT2D eigenvalue weighted by atomic mass is 19.4. The Bertz CT molecular complexity index is 445. The normalized spacial score (nSPS) is 20.7. The van der Waals surface area contributed by atoms with Gasteiger partial charge in [0.15, 0.2) is 0 Å². The summed E-state index contributed by atoms with van der Waals surface area (Å²) in [6, 6.07) is 4.82. The maximum absolute atomic E-state index is 12.6. The zero-order valence-electron chi connectivity index (χ0n) is 11.7. The van der Waals surface area contributed by atoms with E-state index in [9.17, 15) is 18.3 Å². The number of rotatable bonds is 6. The summed E-state index contributed by atoms with van der Waals surface area (Å²) in [6.45, 7) is 2.55. The molecule has 2 rings (SSSR count). The second kappa shape index (κ2) is 7.24. The van der Waals surface area contributed by atoms with Crippen molar-refractivity contribution in [3.05, 3.63) is 35.4 Å². The number of hydrogen-bond donors (Lipinski definition) is 2. The van der Waals surface area contributed by atoms with E-state index in [0.717, 1.165) is 44.7 Å². The van der Waals surface area contributed by atoms with Gasteiger partial charge >= 0.3 is 6.18 Å². The molecule has 118 valence electrons. The van der Waals surface area contributed by atoms with Crippen molar-refractivity contribution in [3.63, 3.8) is 0 Å². The van der Waals surface area contributed by atoms with Crippen molar-refractivity contribution >= 4 is 0 Å². The fraction of sp³-hybridized carbons (Fsp3) is 0.600. The van der Waals surface area contributed by atoms with Gasteiger partial charge in [0.25, 0.3) is 0 Å². The third kappa shape index (κ3) is 4.98. The van der Waals surface area contributed by atoms with Crippen molar-refractivity contribution in [1.29, 1.82) is 0 Å². The lowest BCUT2D eigenvalue weighted by Gasteiger charge is -2.15. The summed E-state index contributed by atoms with van der Waals surface area (Å²) in [4.78, 5) is 0. The topological polar surface area (TPSA) is 41.5 Å². The predicted molar refractivity (Wildman–Crippen MR) is 72.8 cm³/mol. The monoisotopic (exact) mass is 303 g/mol. The first kappa shape index (κ1) is 16.3. The molecule has 1 aromatic rings.